The Bertz CT molecular complexity index is 935. The summed E-state index contributed by atoms with van der Waals surface area (Å²) in [7, 11) is 1.68. The summed E-state index contributed by atoms with van der Waals surface area (Å²) >= 11 is 0. The first-order valence-corrected chi connectivity index (χ1v) is 9.42. The number of hydrogen-bond acceptors (Lipinski definition) is 3. The number of hydrogen-bond donors (Lipinski definition) is 2. The van der Waals surface area contributed by atoms with Gasteiger partial charge in [-0.2, -0.15) is 0 Å². The molecule has 0 spiro atoms. The number of halogens is 2. The van der Waals surface area contributed by atoms with Crippen LogP contribution in [0.1, 0.15) is 5.56 Å². The average Bonchev–Trinajstić information content (AvgIpc) is 2.75. The van der Waals surface area contributed by atoms with Crippen molar-refractivity contribution < 1.29 is 9.18 Å². The van der Waals surface area contributed by atoms with E-state index < -0.39 is 0 Å². The Hall–Kier alpha value is -2.80. The molecule has 1 aliphatic rings. The van der Waals surface area contributed by atoms with Crippen LogP contribution < -0.4 is 15.5 Å². The van der Waals surface area contributed by atoms with Gasteiger partial charge in [-0.15, -0.1) is 30.4 Å². The molecule has 2 N–H and O–H groups in total. The van der Waals surface area contributed by atoms with Crippen LogP contribution in [-0.2, 0) is 4.79 Å². The number of carbonyl (C=O) groups excluding carboxylic acids is 1. The van der Waals surface area contributed by atoms with E-state index in [9.17, 15) is 9.18 Å². The fourth-order valence-electron chi connectivity index (χ4n) is 3.25. The lowest BCUT2D eigenvalue weighted by Gasteiger charge is -2.37. The molecule has 158 valence electrons. The molecular weight excluding hydrogens is 496 g/mol. The van der Waals surface area contributed by atoms with Crippen LogP contribution in [0.4, 0.5) is 15.8 Å². The molecule has 1 heterocycles. The van der Waals surface area contributed by atoms with Gasteiger partial charge in [0.05, 0.1) is 12.2 Å². The number of aliphatic imine (C=N–C) groups is 1. The Morgan fingerprint density at radius 2 is 1.90 bits per heavy atom. The minimum absolute atomic E-state index is 0. The van der Waals surface area contributed by atoms with Gasteiger partial charge in [-0.3, -0.25) is 9.79 Å². The molecule has 8 heteroatoms. The monoisotopic (exact) mass is 521 g/mol. The van der Waals surface area contributed by atoms with Crippen molar-refractivity contribution in [1.29, 1.82) is 0 Å². The van der Waals surface area contributed by atoms with Crippen molar-refractivity contribution in [1.82, 2.24) is 10.2 Å². The number of guanidine groups is 1. The molecule has 0 radical (unpaired) electrons. The quantitative estimate of drug-likeness (QED) is 0.281. The maximum absolute atomic E-state index is 14.0. The fourth-order valence-corrected chi connectivity index (χ4v) is 3.25. The zero-order chi connectivity index (χ0) is 20.6. The third-order valence-electron chi connectivity index (χ3n) is 4.70. The first kappa shape index (κ1) is 23.5. The molecular formula is C22H25FIN5O. The van der Waals surface area contributed by atoms with Crippen LogP contribution in [-0.4, -0.2) is 56.5 Å². The smallest absolute Gasteiger partial charge is 0.243 e. The molecule has 0 saturated carbocycles. The van der Waals surface area contributed by atoms with Crippen molar-refractivity contribution in [3.8, 4) is 12.3 Å². The van der Waals surface area contributed by atoms with E-state index in [2.05, 4.69) is 26.4 Å². The third kappa shape index (κ3) is 6.10. The lowest BCUT2D eigenvalue weighted by molar-refractivity contribution is -0.115. The van der Waals surface area contributed by atoms with E-state index in [0.717, 1.165) is 0 Å². The first-order valence-electron chi connectivity index (χ1n) is 9.42. The SMILES string of the molecule is C#Cc1cccc(NC(=O)CNC(=NC)N2CCN(c3ccccc3F)CC2)c1.I. The number of piperazine rings is 1. The van der Waals surface area contributed by atoms with Gasteiger partial charge < -0.3 is 20.4 Å². The minimum atomic E-state index is -0.214. The summed E-state index contributed by atoms with van der Waals surface area (Å²) < 4.78 is 14.0. The maximum Gasteiger partial charge on any atom is 0.243 e. The van der Waals surface area contributed by atoms with Gasteiger partial charge in [0, 0.05) is 44.5 Å². The summed E-state index contributed by atoms with van der Waals surface area (Å²) in [4.78, 5) is 20.6. The molecule has 1 saturated heterocycles. The van der Waals surface area contributed by atoms with Gasteiger partial charge in [0.25, 0.3) is 0 Å². The predicted molar refractivity (Wildman–Crippen MR) is 130 cm³/mol. The number of para-hydroxylation sites is 1. The summed E-state index contributed by atoms with van der Waals surface area (Å²) in [5.41, 5.74) is 1.98. The highest BCUT2D eigenvalue weighted by molar-refractivity contribution is 14.0. The molecule has 0 aliphatic carbocycles. The van der Waals surface area contributed by atoms with Crippen molar-refractivity contribution in [2.45, 2.75) is 0 Å². The van der Waals surface area contributed by atoms with Gasteiger partial charge in [0.15, 0.2) is 5.96 Å². The highest BCUT2D eigenvalue weighted by atomic mass is 127. The number of nitrogens with zero attached hydrogens (tertiary/aromatic N) is 3. The molecule has 1 aliphatic heterocycles. The van der Waals surface area contributed by atoms with Gasteiger partial charge in [-0.1, -0.05) is 24.1 Å². The van der Waals surface area contributed by atoms with Crippen molar-refractivity contribution in [3.05, 3.63) is 59.9 Å². The highest BCUT2D eigenvalue weighted by Crippen LogP contribution is 2.20. The molecule has 2 aromatic rings. The van der Waals surface area contributed by atoms with Gasteiger partial charge in [-0.25, -0.2) is 4.39 Å². The molecule has 30 heavy (non-hydrogen) atoms. The predicted octanol–water partition coefficient (Wildman–Crippen LogP) is 2.76. The fraction of sp³-hybridized carbons (Fsp3) is 0.273. The van der Waals surface area contributed by atoms with Crippen LogP contribution in [0.15, 0.2) is 53.5 Å². The zero-order valence-electron chi connectivity index (χ0n) is 16.8. The van der Waals surface area contributed by atoms with Crippen LogP contribution in [0.25, 0.3) is 0 Å². The molecule has 3 rings (SSSR count). The van der Waals surface area contributed by atoms with E-state index in [1.165, 1.54) is 6.07 Å². The van der Waals surface area contributed by atoms with Crippen molar-refractivity contribution in [2.75, 3.05) is 50.0 Å². The summed E-state index contributed by atoms with van der Waals surface area (Å²) in [6.45, 7) is 2.79. The van der Waals surface area contributed by atoms with E-state index in [-0.39, 0.29) is 42.2 Å². The molecule has 0 bridgehead atoms. The van der Waals surface area contributed by atoms with Crippen molar-refractivity contribution >= 4 is 47.2 Å². The van der Waals surface area contributed by atoms with Crippen LogP contribution in [0.3, 0.4) is 0 Å². The Morgan fingerprint density at radius 1 is 1.17 bits per heavy atom. The number of benzene rings is 2. The van der Waals surface area contributed by atoms with Gasteiger partial charge >= 0.3 is 0 Å². The maximum atomic E-state index is 14.0. The van der Waals surface area contributed by atoms with Crippen LogP contribution in [0.5, 0.6) is 0 Å². The summed E-state index contributed by atoms with van der Waals surface area (Å²) in [5, 5.41) is 5.90. The third-order valence-corrected chi connectivity index (χ3v) is 4.70. The lowest BCUT2D eigenvalue weighted by Crippen LogP contribution is -2.53. The Kier molecular flexibility index (Phi) is 8.92. The van der Waals surface area contributed by atoms with Gasteiger partial charge in [0.1, 0.15) is 5.82 Å². The minimum Gasteiger partial charge on any atom is -0.366 e. The largest absolute Gasteiger partial charge is 0.366 e. The molecule has 6 nitrogen and oxygen atoms in total. The molecule has 1 amide bonds. The van der Waals surface area contributed by atoms with Crippen molar-refractivity contribution in [2.24, 2.45) is 4.99 Å². The first-order chi connectivity index (χ1) is 14.1. The van der Waals surface area contributed by atoms with E-state index in [4.69, 9.17) is 6.42 Å². The van der Waals surface area contributed by atoms with E-state index in [1.54, 1.807) is 43.4 Å². The van der Waals surface area contributed by atoms with Gasteiger partial charge in [0.2, 0.25) is 5.91 Å². The van der Waals surface area contributed by atoms with Crippen molar-refractivity contribution in [3.63, 3.8) is 0 Å². The molecule has 0 atom stereocenters. The summed E-state index contributed by atoms with van der Waals surface area (Å²) in [5.74, 6) is 2.78. The average molecular weight is 521 g/mol. The van der Waals surface area contributed by atoms with Gasteiger partial charge in [-0.05, 0) is 30.3 Å². The normalized spacial score (nSPS) is 13.8. The second kappa shape index (κ2) is 11.4. The van der Waals surface area contributed by atoms with E-state index >= 15 is 0 Å². The Balaban J connectivity index is 0.00000320. The Morgan fingerprint density at radius 3 is 2.57 bits per heavy atom. The second-order valence-electron chi connectivity index (χ2n) is 6.60. The van der Waals surface area contributed by atoms with E-state index in [1.807, 2.05) is 11.0 Å². The molecule has 0 unspecified atom stereocenters. The summed E-state index contributed by atoms with van der Waals surface area (Å²) in [6, 6.07) is 13.9. The number of carbonyl (C=O) groups is 1. The molecule has 0 aromatic heterocycles. The van der Waals surface area contributed by atoms with E-state index in [0.29, 0.717) is 49.1 Å². The number of anilines is 2. The number of terminal acetylenes is 1. The number of amides is 1. The van der Waals surface area contributed by atoms with Crippen LogP contribution in [0, 0.1) is 18.2 Å². The number of rotatable bonds is 4. The molecule has 2 aromatic carbocycles. The topological polar surface area (TPSA) is 60.0 Å². The highest BCUT2D eigenvalue weighted by Gasteiger charge is 2.21. The zero-order valence-corrected chi connectivity index (χ0v) is 19.1. The summed E-state index contributed by atoms with van der Waals surface area (Å²) in [6.07, 6.45) is 5.38. The van der Waals surface area contributed by atoms with Crippen LogP contribution in [0.2, 0.25) is 0 Å². The standard InChI is InChI=1S/C22H24FN5O.HI/c1-3-17-7-6-8-18(15-17)26-21(29)16-25-22(24-2)28-13-11-27(12-14-28)20-10-5-4-9-19(20)23;/h1,4-10,15H,11-14,16H2,2H3,(H,24,25)(H,26,29);1H. The Labute approximate surface area is 193 Å². The second-order valence-corrected chi connectivity index (χ2v) is 6.60. The number of nitrogens with one attached hydrogen (secondary N) is 2. The van der Waals surface area contributed by atoms with Crippen LogP contribution >= 0.6 is 24.0 Å². The lowest BCUT2D eigenvalue weighted by atomic mass is 10.2. The molecule has 1 fully saturated rings.